The lowest BCUT2D eigenvalue weighted by atomic mass is 9.88. The Morgan fingerprint density at radius 1 is 1.13 bits per heavy atom. The van der Waals surface area contributed by atoms with E-state index in [9.17, 15) is 18.0 Å². The van der Waals surface area contributed by atoms with Gasteiger partial charge in [0.15, 0.2) is 0 Å². The van der Waals surface area contributed by atoms with Crippen molar-refractivity contribution in [3.05, 3.63) is 36.0 Å². The zero-order valence-electron chi connectivity index (χ0n) is 17.5. The Hall–Kier alpha value is -2.39. The van der Waals surface area contributed by atoms with Crippen LogP contribution < -0.4 is 16.0 Å². The van der Waals surface area contributed by atoms with E-state index in [0.29, 0.717) is 22.9 Å². The molecule has 0 unspecified atom stereocenters. The van der Waals surface area contributed by atoms with E-state index >= 15 is 0 Å². The third-order valence-electron chi connectivity index (χ3n) is 6.41. The molecule has 2 aliphatic rings. The fourth-order valence-corrected chi connectivity index (χ4v) is 4.56. The van der Waals surface area contributed by atoms with Crippen molar-refractivity contribution in [2.75, 3.05) is 32.0 Å². The number of rotatable bonds is 6. The number of aromatic nitrogens is 1. The van der Waals surface area contributed by atoms with Gasteiger partial charge in [0.2, 0.25) is 5.91 Å². The highest BCUT2D eigenvalue weighted by molar-refractivity contribution is 5.93. The van der Waals surface area contributed by atoms with Crippen molar-refractivity contribution >= 4 is 22.5 Å². The molecule has 0 radical (unpaired) electrons. The highest BCUT2D eigenvalue weighted by Crippen LogP contribution is 2.33. The molecule has 168 valence electrons. The lowest BCUT2D eigenvalue weighted by molar-refractivity contribution is -0.137. The van der Waals surface area contributed by atoms with Crippen LogP contribution in [0.1, 0.15) is 31.2 Å². The first-order valence-electron chi connectivity index (χ1n) is 10.7. The van der Waals surface area contributed by atoms with Gasteiger partial charge in [-0.25, -0.2) is 4.98 Å². The second kappa shape index (κ2) is 9.00. The van der Waals surface area contributed by atoms with Crippen LogP contribution >= 0.6 is 0 Å². The highest BCUT2D eigenvalue weighted by Gasteiger charge is 2.35. The molecule has 0 atom stereocenters. The third kappa shape index (κ3) is 5.10. The molecule has 6 nitrogen and oxygen atoms in total. The first kappa shape index (κ1) is 21.8. The standard InChI is InChI=1S/C22H28F3N5O/c1-26-16-4-6-18(7-5-16)30-12-17(13-30)29-20(31)11-28-21-19-10-15(22(23,24)25)3-2-14(19)8-9-27-21/h2-3,8-10,16-18,26H,4-7,11-13H2,1H3,(H,27,28)(H,29,31). The summed E-state index contributed by atoms with van der Waals surface area (Å²) in [5.74, 6) is 0.0876. The Morgan fingerprint density at radius 2 is 1.87 bits per heavy atom. The van der Waals surface area contributed by atoms with Crippen molar-refractivity contribution in [1.29, 1.82) is 0 Å². The monoisotopic (exact) mass is 435 g/mol. The summed E-state index contributed by atoms with van der Waals surface area (Å²) in [6, 6.07) is 6.51. The number of anilines is 1. The largest absolute Gasteiger partial charge is 0.416 e. The lowest BCUT2D eigenvalue weighted by Crippen LogP contribution is -2.63. The van der Waals surface area contributed by atoms with Crippen molar-refractivity contribution in [3.8, 4) is 0 Å². The van der Waals surface area contributed by atoms with Gasteiger partial charge in [0.1, 0.15) is 5.82 Å². The van der Waals surface area contributed by atoms with Crippen LogP contribution in [-0.2, 0) is 11.0 Å². The molecule has 1 saturated carbocycles. The quantitative estimate of drug-likeness (QED) is 0.651. The minimum absolute atomic E-state index is 0.0356. The molecule has 1 aliphatic heterocycles. The summed E-state index contributed by atoms with van der Waals surface area (Å²) in [6.45, 7) is 1.66. The molecule has 1 saturated heterocycles. The van der Waals surface area contributed by atoms with Gasteiger partial charge in [-0.15, -0.1) is 0 Å². The number of alkyl halides is 3. The fourth-order valence-electron chi connectivity index (χ4n) is 4.56. The zero-order chi connectivity index (χ0) is 22.0. The van der Waals surface area contributed by atoms with Crippen LogP contribution in [0.15, 0.2) is 30.5 Å². The van der Waals surface area contributed by atoms with Gasteiger partial charge in [0.05, 0.1) is 18.2 Å². The molecule has 9 heteroatoms. The first-order valence-corrected chi connectivity index (χ1v) is 10.7. The number of nitrogens with zero attached hydrogens (tertiary/aromatic N) is 2. The molecule has 3 N–H and O–H groups in total. The number of amides is 1. The summed E-state index contributed by atoms with van der Waals surface area (Å²) < 4.78 is 39.1. The molecule has 2 fully saturated rings. The molecule has 0 spiro atoms. The Bertz CT molecular complexity index is 921. The first-order chi connectivity index (χ1) is 14.8. The third-order valence-corrected chi connectivity index (χ3v) is 6.41. The van der Waals surface area contributed by atoms with Gasteiger partial charge in [0.25, 0.3) is 0 Å². The topological polar surface area (TPSA) is 69.3 Å². The molecule has 1 aromatic carbocycles. The maximum Gasteiger partial charge on any atom is 0.416 e. The number of hydrogen-bond donors (Lipinski definition) is 3. The maximum atomic E-state index is 13.0. The second-order valence-electron chi connectivity index (χ2n) is 8.46. The van der Waals surface area contributed by atoms with E-state index in [2.05, 4.69) is 25.8 Å². The van der Waals surface area contributed by atoms with Gasteiger partial charge in [0, 0.05) is 36.8 Å². The molecular formula is C22H28F3N5O. The van der Waals surface area contributed by atoms with Crippen LogP contribution in [0, 0.1) is 0 Å². The summed E-state index contributed by atoms with van der Waals surface area (Å²) in [6.07, 6.45) is 1.82. The number of carbonyl (C=O) groups excluding carboxylic acids is 1. The fraction of sp³-hybridized carbons (Fsp3) is 0.545. The molecule has 1 amide bonds. The van der Waals surface area contributed by atoms with E-state index < -0.39 is 11.7 Å². The summed E-state index contributed by atoms with van der Waals surface area (Å²) in [7, 11) is 2.01. The number of nitrogens with one attached hydrogen (secondary N) is 3. The van der Waals surface area contributed by atoms with Crippen molar-refractivity contribution < 1.29 is 18.0 Å². The average Bonchev–Trinajstić information content (AvgIpc) is 2.73. The van der Waals surface area contributed by atoms with Crippen molar-refractivity contribution in [2.24, 2.45) is 0 Å². The number of benzene rings is 1. The summed E-state index contributed by atoms with van der Waals surface area (Å²) in [5, 5.41) is 10.2. The van der Waals surface area contributed by atoms with E-state index in [1.165, 1.54) is 37.9 Å². The summed E-state index contributed by atoms with van der Waals surface area (Å²) in [4.78, 5) is 18.9. The van der Waals surface area contributed by atoms with Crippen LogP contribution in [-0.4, -0.2) is 60.6 Å². The summed E-state index contributed by atoms with van der Waals surface area (Å²) >= 11 is 0. The van der Waals surface area contributed by atoms with Crippen LogP contribution in [0.4, 0.5) is 19.0 Å². The number of hydrogen-bond acceptors (Lipinski definition) is 5. The highest BCUT2D eigenvalue weighted by atomic mass is 19.4. The number of likely N-dealkylation sites (tertiary alicyclic amines) is 1. The number of fused-ring (bicyclic) bond motifs is 1. The van der Waals surface area contributed by atoms with E-state index in [-0.39, 0.29) is 24.3 Å². The molecule has 2 heterocycles. The number of carbonyl (C=O) groups is 1. The lowest BCUT2D eigenvalue weighted by Gasteiger charge is -2.46. The van der Waals surface area contributed by atoms with Crippen LogP contribution in [0.3, 0.4) is 0 Å². The molecular weight excluding hydrogens is 407 g/mol. The Kier molecular flexibility index (Phi) is 6.34. The van der Waals surface area contributed by atoms with Gasteiger partial charge in [-0.3, -0.25) is 9.69 Å². The van der Waals surface area contributed by atoms with Crippen molar-refractivity contribution in [1.82, 2.24) is 20.5 Å². The second-order valence-corrected chi connectivity index (χ2v) is 8.46. The van der Waals surface area contributed by atoms with Gasteiger partial charge < -0.3 is 16.0 Å². The molecule has 4 rings (SSSR count). The smallest absolute Gasteiger partial charge is 0.360 e. The summed E-state index contributed by atoms with van der Waals surface area (Å²) in [5.41, 5.74) is -0.737. The molecule has 31 heavy (non-hydrogen) atoms. The number of halogens is 3. The van der Waals surface area contributed by atoms with Crippen LogP contribution in [0.5, 0.6) is 0 Å². The van der Waals surface area contributed by atoms with Gasteiger partial charge in [-0.2, -0.15) is 13.2 Å². The van der Waals surface area contributed by atoms with E-state index in [1.54, 1.807) is 6.07 Å². The normalized spacial score (nSPS) is 22.8. The minimum Gasteiger partial charge on any atom is -0.360 e. The molecule has 0 bridgehead atoms. The van der Waals surface area contributed by atoms with Crippen molar-refractivity contribution in [2.45, 2.75) is 50.0 Å². The van der Waals surface area contributed by atoms with E-state index in [4.69, 9.17) is 0 Å². The van der Waals surface area contributed by atoms with E-state index in [1.807, 2.05) is 7.05 Å². The van der Waals surface area contributed by atoms with Crippen LogP contribution in [0.2, 0.25) is 0 Å². The minimum atomic E-state index is -4.43. The molecule has 2 aromatic rings. The van der Waals surface area contributed by atoms with Gasteiger partial charge >= 0.3 is 6.18 Å². The predicted molar refractivity (Wildman–Crippen MR) is 114 cm³/mol. The Balaban J connectivity index is 1.27. The van der Waals surface area contributed by atoms with Crippen LogP contribution in [0.25, 0.3) is 10.8 Å². The predicted octanol–water partition coefficient (Wildman–Crippen LogP) is 3.00. The number of pyridine rings is 1. The van der Waals surface area contributed by atoms with Gasteiger partial charge in [-0.1, -0.05) is 6.07 Å². The van der Waals surface area contributed by atoms with Crippen molar-refractivity contribution in [3.63, 3.8) is 0 Å². The Morgan fingerprint density at radius 3 is 2.55 bits per heavy atom. The zero-order valence-corrected chi connectivity index (χ0v) is 17.5. The molecule has 1 aliphatic carbocycles. The maximum absolute atomic E-state index is 13.0. The SMILES string of the molecule is CNC1CCC(N2CC(NC(=O)CNc3nccc4ccc(C(F)(F)F)cc34)C2)CC1. The molecule has 1 aromatic heterocycles. The van der Waals surface area contributed by atoms with E-state index in [0.717, 1.165) is 25.2 Å². The average molecular weight is 435 g/mol. The Labute approximate surface area is 179 Å². The van der Waals surface area contributed by atoms with Gasteiger partial charge in [-0.05, 0) is 56.3 Å².